The zero-order valence-electron chi connectivity index (χ0n) is 15.8. The summed E-state index contributed by atoms with van der Waals surface area (Å²) in [5, 5.41) is 3.89. The van der Waals surface area contributed by atoms with Crippen molar-refractivity contribution in [2.45, 2.75) is 52.1 Å². The number of aromatic amines is 1. The molecule has 0 bridgehead atoms. The molecule has 0 spiro atoms. The molecule has 0 atom stereocenters. The zero-order valence-corrected chi connectivity index (χ0v) is 15.8. The van der Waals surface area contributed by atoms with Crippen molar-refractivity contribution in [3.63, 3.8) is 0 Å². The second-order valence-electron chi connectivity index (χ2n) is 7.53. The van der Waals surface area contributed by atoms with Gasteiger partial charge in [-0.1, -0.05) is 18.9 Å². The van der Waals surface area contributed by atoms with Crippen LogP contribution in [0, 0.1) is 13.8 Å². The molecule has 2 heterocycles. The monoisotopic (exact) mass is 363 g/mol. The molecule has 140 valence electrons. The number of aromatic nitrogens is 2. The van der Waals surface area contributed by atoms with Crippen molar-refractivity contribution < 1.29 is 4.79 Å². The van der Waals surface area contributed by atoms with E-state index < -0.39 is 0 Å². The lowest BCUT2D eigenvalue weighted by atomic mass is 10.1. The summed E-state index contributed by atoms with van der Waals surface area (Å²) in [5.41, 5.74) is 3.94. The van der Waals surface area contributed by atoms with Gasteiger partial charge in [-0.05, 0) is 56.5 Å². The highest BCUT2D eigenvalue weighted by Gasteiger charge is 2.20. The van der Waals surface area contributed by atoms with E-state index in [1.165, 1.54) is 25.7 Å². The van der Waals surface area contributed by atoms with Crippen LogP contribution >= 0.6 is 0 Å². The van der Waals surface area contributed by atoms with Gasteiger partial charge in [0.25, 0.3) is 11.5 Å². The Balaban J connectivity index is 1.59. The summed E-state index contributed by atoms with van der Waals surface area (Å²) in [5.74, 6) is -0.149. The smallest absolute Gasteiger partial charge is 0.253 e. The topological polar surface area (TPSA) is 66.9 Å². The Hall–Kier alpha value is -2.82. The highest BCUT2D eigenvalue weighted by molar-refractivity contribution is 6.06. The summed E-state index contributed by atoms with van der Waals surface area (Å²) in [4.78, 5) is 27.8. The molecule has 0 radical (unpaired) electrons. The fourth-order valence-corrected chi connectivity index (χ4v) is 4.25. The second kappa shape index (κ2) is 7.06. The second-order valence-corrected chi connectivity index (χ2v) is 7.53. The Morgan fingerprint density at radius 3 is 2.74 bits per heavy atom. The number of hydrogen-bond acceptors (Lipinski definition) is 2. The van der Waals surface area contributed by atoms with Gasteiger partial charge < -0.3 is 14.9 Å². The van der Waals surface area contributed by atoms with E-state index in [9.17, 15) is 9.59 Å². The maximum Gasteiger partial charge on any atom is 0.253 e. The average molecular weight is 363 g/mol. The van der Waals surface area contributed by atoms with Crippen LogP contribution in [0.3, 0.4) is 0 Å². The number of aryl methyl sites for hydroxylation is 2. The summed E-state index contributed by atoms with van der Waals surface area (Å²) in [6, 6.07) is 10.4. The van der Waals surface area contributed by atoms with Crippen molar-refractivity contribution in [2.24, 2.45) is 0 Å². The lowest BCUT2D eigenvalue weighted by Gasteiger charge is -2.14. The lowest BCUT2D eigenvalue weighted by Crippen LogP contribution is -2.28. The van der Waals surface area contributed by atoms with E-state index in [0.717, 1.165) is 22.2 Å². The molecule has 27 heavy (non-hydrogen) atoms. The Kier molecular flexibility index (Phi) is 4.60. The van der Waals surface area contributed by atoms with Crippen molar-refractivity contribution in [3.05, 3.63) is 69.3 Å². The number of nitrogens with zero attached hydrogens (tertiary/aromatic N) is 1. The van der Waals surface area contributed by atoms with Crippen LogP contribution in [0.15, 0.2) is 41.3 Å². The van der Waals surface area contributed by atoms with Crippen LogP contribution in [0.5, 0.6) is 0 Å². The number of carbonyl (C=O) groups excluding carboxylic acids is 1. The van der Waals surface area contributed by atoms with Crippen molar-refractivity contribution in [1.29, 1.82) is 0 Å². The van der Waals surface area contributed by atoms with Gasteiger partial charge in [-0.2, -0.15) is 0 Å². The number of rotatable bonds is 4. The van der Waals surface area contributed by atoms with Crippen LogP contribution in [0.25, 0.3) is 10.9 Å². The minimum absolute atomic E-state index is 0.140. The van der Waals surface area contributed by atoms with E-state index in [1.54, 1.807) is 0 Å². The standard InChI is InChI=1S/C22H25N3O2/c1-14-12-15(2)24-22(27)19(14)13-23-21(26)18-8-5-9-20-17(18)10-11-25(20)16-6-3-4-7-16/h5,8-12,16H,3-4,6-7,13H2,1-2H3,(H,23,26)(H,24,27). The fraction of sp³-hybridized carbons (Fsp3) is 0.364. The molecule has 0 unspecified atom stereocenters. The Labute approximate surface area is 158 Å². The van der Waals surface area contributed by atoms with Gasteiger partial charge in [0.05, 0.1) is 0 Å². The van der Waals surface area contributed by atoms with Crippen LogP contribution in [-0.4, -0.2) is 15.5 Å². The Morgan fingerprint density at radius 1 is 1.22 bits per heavy atom. The van der Waals surface area contributed by atoms with Gasteiger partial charge in [-0.3, -0.25) is 9.59 Å². The van der Waals surface area contributed by atoms with Gasteiger partial charge in [0.15, 0.2) is 0 Å². The quantitative estimate of drug-likeness (QED) is 0.736. The van der Waals surface area contributed by atoms with Gasteiger partial charge >= 0.3 is 0 Å². The van der Waals surface area contributed by atoms with E-state index in [4.69, 9.17) is 0 Å². The van der Waals surface area contributed by atoms with Crippen LogP contribution in [-0.2, 0) is 6.54 Å². The predicted octanol–water partition coefficient (Wildman–Crippen LogP) is 3.99. The summed E-state index contributed by atoms with van der Waals surface area (Å²) < 4.78 is 2.31. The first-order valence-corrected chi connectivity index (χ1v) is 9.62. The van der Waals surface area contributed by atoms with Crippen molar-refractivity contribution >= 4 is 16.8 Å². The van der Waals surface area contributed by atoms with Gasteiger partial charge in [0, 0.05) is 46.5 Å². The fourth-order valence-electron chi connectivity index (χ4n) is 4.25. The molecule has 2 N–H and O–H groups in total. The minimum atomic E-state index is -0.149. The molecule has 0 saturated heterocycles. The molecule has 1 amide bonds. The van der Waals surface area contributed by atoms with E-state index in [0.29, 0.717) is 17.2 Å². The van der Waals surface area contributed by atoms with Crippen LogP contribution in [0.2, 0.25) is 0 Å². The highest BCUT2D eigenvalue weighted by Crippen LogP contribution is 2.33. The number of hydrogen-bond donors (Lipinski definition) is 2. The number of benzene rings is 1. The molecule has 1 aromatic carbocycles. The summed E-state index contributed by atoms with van der Waals surface area (Å²) in [6.07, 6.45) is 7.06. The third kappa shape index (κ3) is 3.29. The van der Waals surface area contributed by atoms with E-state index in [1.807, 2.05) is 38.1 Å². The molecule has 2 aromatic heterocycles. The Morgan fingerprint density at radius 2 is 2.00 bits per heavy atom. The van der Waals surface area contributed by atoms with Gasteiger partial charge in [0.2, 0.25) is 0 Å². The van der Waals surface area contributed by atoms with E-state index in [2.05, 4.69) is 27.1 Å². The van der Waals surface area contributed by atoms with Crippen molar-refractivity contribution in [2.75, 3.05) is 0 Å². The molecule has 1 saturated carbocycles. The van der Waals surface area contributed by atoms with Crippen LogP contribution in [0.1, 0.15) is 58.9 Å². The van der Waals surface area contributed by atoms with Gasteiger partial charge in [0.1, 0.15) is 0 Å². The first-order valence-electron chi connectivity index (χ1n) is 9.62. The first kappa shape index (κ1) is 17.6. The zero-order chi connectivity index (χ0) is 19.0. The summed E-state index contributed by atoms with van der Waals surface area (Å²) in [7, 11) is 0. The molecular formula is C22H25N3O2. The maximum atomic E-state index is 12.8. The molecule has 3 aromatic rings. The van der Waals surface area contributed by atoms with Crippen LogP contribution in [0.4, 0.5) is 0 Å². The number of fused-ring (bicyclic) bond motifs is 1. The number of H-pyrrole nitrogens is 1. The molecule has 1 fully saturated rings. The van der Waals surface area contributed by atoms with Gasteiger partial charge in [-0.15, -0.1) is 0 Å². The predicted molar refractivity (Wildman–Crippen MR) is 107 cm³/mol. The molecule has 5 nitrogen and oxygen atoms in total. The molecule has 4 rings (SSSR count). The van der Waals surface area contributed by atoms with E-state index >= 15 is 0 Å². The van der Waals surface area contributed by atoms with Crippen molar-refractivity contribution in [1.82, 2.24) is 14.9 Å². The molecule has 1 aliphatic carbocycles. The SMILES string of the molecule is Cc1cc(C)c(CNC(=O)c2cccc3c2ccn3C2CCCC2)c(=O)[nH]1. The summed E-state index contributed by atoms with van der Waals surface area (Å²) >= 11 is 0. The highest BCUT2D eigenvalue weighted by atomic mass is 16.1. The van der Waals surface area contributed by atoms with E-state index in [-0.39, 0.29) is 18.0 Å². The summed E-state index contributed by atoms with van der Waals surface area (Å²) in [6.45, 7) is 3.97. The third-order valence-electron chi connectivity index (χ3n) is 5.65. The third-order valence-corrected chi connectivity index (χ3v) is 5.65. The van der Waals surface area contributed by atoms with Gasteiger partial charge in [-0.25, -0.2) is 0 Å². The average Bonchev–Trinajstić information content (AvgIpc) is 3.29. The molecular weight excluding hydrogens is 338 g/mol. The number of amides is 1. The maximum absolute atomic E-state index is 12.8. The van der Waals surface area contributed by atoms with Crippen molar-refractivity contribution in [3.8, 4) is 0 Å². The minimum Gasteiger partial charge on any atom is -0.348 e. The number of pyridine rings is 1. The first-order chi connectivity index (χ1) is 13.0. The number of nitrogens with one attached hydrogen (secondary N) is 2. The largest absolute Gasteiger partial charge is 0.348 e. The normalized spacial score (nSPS) is 14.7. The number of carbonyl (C=O) groups is 1. The molecule has 5 heteroatoms. The molecule has 0 aliphatic heterocycles. The lowest BCUT2D eigenvalue weighted by molar-refractivity contribution is 0.0952. The van der Waals surface area contributed by atoms with Crippen LogP contribution < -0.4 is 10.9 Å². The molecule has 1 aliphatic rings. The Bertz CT molecular complexity index is 1060.